The molecule has 9 nitrogen and oxygen atoms in total. The lowest BCUT2D eigenvalue weighted by molar-refractivity contribution is -0.385. The van der Waals surface area contributed by atoms with E-state index in [-0.39, 0.29) is 46.4 Å². The quantitative estimate of drug-likeness (QED) is 0.263. The number of anilines is 1. The van der Waals surface area contributed by atoms with Crippen LogP contribution >= 0.6 is 11.6 Å². The summed E-state index contributed by atoms with van der Waals surface area (Å²) in [5.41, 5.74) is 1.84. The van der Waals surface area contributed by atoms with Crippen molar-refractivity contribution in [2.45, 2.75) is 25.2 Å². The molecular formula is C26H24ClFN4O5. The Morgan fingerprint density at radius 2 is 1.86 bits per heavy atom. The van der Waals surface area contributed by atoms with E-state index in [0.29, 0.717) is 24.3 Å². The van der Waals surface area contributed by atoms with Gasteiger partial charge in [0.2, 0.25) is 11.8 Å². The maximum absolute atomic E-state index is 14.2. The number of hydrogen-bond acceptors (Lipinski definition) is 6. The molecule has 1 N–H and O–H groups in total. The molecule has 1 aliphatic rings. The number of aromatic nitrogens is 1. The van der Waals surface area contributed by atoms with Gasteiger partial charge in [-0.3, -0.25) is 19.7 Å². The first-order valence-corrected chi connectivity index (χ1v) is 11.9. The molecule has 1 aliphatic heterocycles. The molecule has 0 bridgehead atoms. The first-order valence-electron chi connectivity index (χ1n) is 11.6. The highest BCUT2D eigenvalue weighted by Crippen LogP contribution is 2.29. The molecule has 11 heteroatoms. The zero-order chi connectivity index (χ0) is 26.5. The van der Waals surface area contributed by atoms with Gasteiger partial charge in [0.05, 0.1) is 24.5 Å². The van der Waals surface area contributed by atoms with Gasteiger partial charge in [0.25, 0.3) is 11.6 Å². The van der Waals surface area contributed by atoms with Gasteiger partial charge >= 0.3 is 0 Å². The largest absolute Gasteiger partial charge is 0.481 e. The maximum Gasteiger partial charge on any atom is 0.272 e. The van der Waals surface area contributed by atoms with Gasteiger partial charge in [-0.25, -0.2) is 9.37 Å². The van der Waals surface area contributed by atoms with Crippen LogP contribution in [0.4, 0.5) is 15.8 Å². The summed E-state index contributed by atoms with van der Waals surface area (Å²) in [5.74, 6) is -0.816. The van der Waals surface area contributed by atoms with Crippen molar-refractivity contribution in [1.82, 2.24) is 9.88 Å². The van der Waals surface area contributed by atoms with E-state index in [4.69, 9.17) is 16.3 Å². The summed E-state index contributed by atoms with van der Waals surface area (Å²) in [6.45, 7) is 1.06. The molecule has 0 radical (unpaired) electrons. The van der Waals surface area contributed by atoms with E-state index in [1.54, 1.807) is 4.90 Å². The summed E-state index contributed by atoms with van der Waals surface area (Å²) in [7, 11) is 1.44. The first kappa shape index (κ1) is 26.0. The number of likely N-dealkylation sites (tertiary alicyclic amines) is 1. The average molecular weight is 527 g/mol. The van der Waals surface area contributed by atoms with E-state index in [1.165, 1.54) is 31.4 Å². The van der Waals surface area contributed by atoms with Crippen LogP contribution < -0.4 is 10.1 Å². The minimum Gasteiger partial charge on any atom is -0.481 e. The molecule has 4 rings (SSSR count). The van der Waals surface area contributed by atoms with Gasteiger partial charge in [0.15, 0.2) is 0 Å². The molecule has 1 saturated heterocycles. The van der Waals surface area contributed by atoms with E-state index in [2.05, 4.69) is 10.3 Å². The van der Waals surface area contributed by atoms with E-state index in [1.807, 2.05) is 24.3 Å². The highest BCUT2D eigenvalue weighted by Gasteiger charge is 2.25. The summed E-state index contributed by atoms with van der Waals surface area (Å²) >= 11 is 5.94. The molecule has 3 aromatic rings. The van der Waals surface area contributed by atoms with Gasteiger partial charge < -0.3 is 15.0 Å². The molecule has 37 heavy (non-hydrogen) atoms. The normalized spacial score (nSPS) is 13.8. The lowest BCUT2D eigenvalue weighted by Gasteiger charge is -2.32. The molecule has 2 amide bonds. The number of halogens is 2. The summed E-state index contributed by atoms with van der Waals surface area (Å²) in [4.78, 5) is 41.0. The van der Waals surface area contributed by atoms with Crippen molar-refractivity contribution in [3.63, 3.8) is 0 Å². The summed E-state index contributed by atoms with van der Waals surface area (Å²) in [6.07, 6.45) is 1.35. The molecule has 1 fully saturated rings. The Labute approximate surface area is 217 Å². The lowest BCUT2D eigenvalue weighted by Crippen LogP contribution is -2.38. The molecule has 0 spiro atoms. The number of nitrogens with one attached hydrogen (secondary N) is 1. The lowest BCUT2D eigenvalue weighted by atomic mass is 9.89. The van der Waals surface area contributed by atoms with Crippen LogP contribution in [-0.2, 0) is 11.2 Å². The minimum atomic E-state index is -0.754. The summed E-state index contributed by atoms with van der Waals surface area (Å²) in [6, 6.07) is 13.8. The number of carbonyl (C=O) groups excluding carboxylic acids is 2. The van der Waals surface area contributed by atoms with E-state index >= 15 is 0 Å². The summed E-state index contributed by atoms with van der Waals surface area (Å²) < 4.78 is 19.2. The minimum absolute atomic E-state index is 0.141. The zero-order valence-corrected chi connectivity index (χ0v) is 20.7. The molecule has 0 unspecified atom stereocenters. The molecule has 0 aliphatic carbocycles. The van der Waals surface area contributed by atoms with E-state index < -0.39 is 10.7 Å². The van der Waals surface area contributed by atoms with Crippen LogP contribution in [0.5, 0.6) is 5.88 Å². The smallest absolute Gasteiger partial charge is 0.272 e. The average Bonchev–Trinajstić information content (AvgIpc) is 2.89. The van der Waals surface area contributed by atoms with E-state index in [0.717, 1.165) is 24.5 Å². The monoisotopic (exact) mass is 526 g/mol. The number of amides is 2. The van der Waals surface area contributed by atoms with Gasteiger partial charge in [-0.15, -0.1) is 0 Å². The third-order valence-corrected chi connectivity index (χ3v) is 6.51. The number of hydrogen-bond donors (Lipinski definition) is 1. The molecule has 1 aromatic heterocycles. The van der Waals surface area contributed by atoms with Gasteiger partial charge in [-0.2, -0.15) is 0 Å². The summed E-state index contributed by atoms with van der Waals surface area (Å²) in [5, 5.41) is 13.8. The fourth-order valence-electron chi connectivity index (χ4n) is 4.28. The highest BCUT2D eigenvalue weighted by molar-refractivity contribution is 6.30. The Hall–Kier alpha value is -4.05. The molecular weight excluding hydrogens is 503 g/mol. The molecule has 192 valence electrons. The highest BCUT2D eigenvalue weighted by atomic mass is 35.5. The van der Waals surface area contributed by atoms with Crippen molar-refractivity contribution >= 4 is 34.8 Å². The number of carbonyl (C=O) groups is 2. The van der Waals surface area contributed by atoms with Gasteiger partial charge in [-0.1, -0.05) is 23.7 Å². The molecule has 2 aromatic carbocycles. The standard InChI is InChI=1S/C26H24ClFN4O5/c1-37-24-13-19(12-23(27)30-24)26(34)29-20-5-2-16(3-6-20)17-8-10-31(11-9-17)25(33)14-18-4-7-21(32(35)36)15-22(18)28/h2-7,12-13,15,17H,8-11,14H2,1H3,(H,29,34). The molecule has 2 heterocycles. The van der Waals surface area contributed by atoms with Crippen LogP contribution in [0.3, 0.4) is 0 Å². The second-order valence-electron chi connectivity index (χ2n) is 8.66. The topological polar surface area (TPSA) is 115 Å². The predicted octanol–water partition coefficient (Wildman–Crippen LogP) is 4.99. The third-order valence-electron chi connectivity index (χ3n) is 6.32. The number of benzene rings is 2. The molecule has 0 atom stereocenters. The van der Waals surface area contributed by atoms with Gasteiger partial charge in [0, 0.05) is 36.5 Å². The number of nitrogens with zero attached hydrogens (tertiary/aromatic N) is 3. The third kappa shape index (κ3) is 6.39. The van der Waals surface area contributed by atoms with Crippen molar-refractivity contribution in [1.29, 1.82) is 0 Å². The SMILES string of the molecule is COc1cc(C(=O)Nc2ccc(C3CCN(C(=O)Cc4ccc([N+](=O)[O-])cc4F)CC3)cc2)cc(Cl)n1. The number of pyridine rings is 1. The number of non-ortho nitro benzene ring substituents is 1. The van der Waals surface area contributed by atoms with E-state index in [9.17, 15) is 24.1 Å². The van der Waals surface area contributed by atoms with Crippen LogP contribution in [0.25, 0.3) is 0 Å². The Morgan fingerprint density at radius 3 is 2.49 bits per heavy atom. The van der Waals surface area contributed by atoms with Crippen LogP contribution in [-0.4, -0.2) is 46.8 Å². The fraction of sp³-hybridized carbons (Fsp3) is 0.269. The van der Waals surface area contributed by atoms with Crippen molar-refractivity contribution in [2.75, 3.05) is 25.5 Å². The molecule has 0 saturated carbocycles. The zero-order valence-electron chi connectivity index (χ0n) is 19.9. The number of nitro groups is 1. The van der Waals surface area contributed by atoms with Crippen molar-refractivity contribution in [3.05, 3.63) is 92.4 Å². The number of piperidine rings is 1. The Balaban J connectivity index is 1.31. The number of nitro benzene ring substituents is 1. The van der Waals surface area contributed by atoms with Crippen molar-refractivity contribution in [2.24, 2.45) is 0 Å². The van der Waals surface area contributed by atoms with Crippen molar-refractivity contribution in [3.8, 4) is 5.88 Å². The van der Waals surface area contributed by atoms with Crippen LogP contribution in [0.1, 0.15) is 40.2 Å². The number of ether oxygens (including phenoxy) is 1. The fourth-order valence-corrected chi connectivity index (χ4v) is 4.48. The van der Waals surface area contributed by atoms with Crippen LogP contribution in [0, 0.1) is 15.9 Å². The number of methoxy groups -OCH3 is 1. The van der Waals surface area contributed by atoms with Gasteiger partial charge in [0.1, 0.15) is 11.0 Å². The maximum atomic E-state index is 14.2. The Bertz CT molecular complexity index is 1330. The van der Waals surface area contributed by atoms with Gasteiger partial charge in [-0.05, 0) is 54.2 Å². The first-order chi connectivity index (χ1) is 17.7. The second-order valence-corrected chi connectivity index (χ2v) is 9.05. The Kier molecular flexibility index (Phi) is 7.98. The number of rotatable bonds is 7. The predicted molar refractivity (Wildman–Crippen MR) is 136 cm³/mol. The van der Waals surface area contributed by atoms with Crippen LogP contribution in [0.15, 0.2) is 54.6 Å². The Morgan fingerprint density at radius 1 is 1.16 bits per heavy atom. The van der Waals surface area contributed by atoms with Crippen molar-refractivity contribution < 1.29 is 23.6 Å². The van der Waals surface area contributed by atoms with Crippen LogP contribution in [0.2, 0.25) is 5.15 Å². The second kappa shape index (κ2) is 11.3.